The standard InChI is InChI=1S/C9H16F3NO2/c1-6(7-2-3-15-5-7)13-4-8(14)9(10,11)12/h6-8,13-14H,2-5H2,1H3. The normalized spacial score (nSPS) is 26.6. The Hall–Kier alpha value is -0.330. The number of halogens is 3. The van der Waals surface area contributed by atoms with Crippen LogP contribution in [0.15, 0.2) is 0 Å². The van der Waals surface area contributed by atoms with Gasteiger partial charge in [-0.3, -0.25) is 0 Å². The molecule has 3 atom stereocenters. The number of rotatable bonds is 4. The Morgan fingerprint density at radius 3 is 2.67 bits per heavy atom. The molecule has 1 heterocycles. The van der Waals surface area contributed by atoms with E-state index in [1.54, 1.807) is 0 Å². The maximum Gasteiger partial charge on any atom is 0.415 e. The monoisotopic (exact) mass is 227 g/mol. The molecule has 1 rings (SSSR count). The van der Waals surface area contributed by atoms with Gasteiger partial charge in [0.05, 0.1) is 6.61 Å². The summed E-state index contributed by atoms with van der Waals surface area (Å²) in [7, 11) is 0. The molecule has 0 bridgehead atoms. The van der Waals surface area contributed by atoms with Crippen LogP contribution in [0.4, 0.5) is 13.2 Å². The fraction of sp³-hybridized carbons (Fsp3) is 1.00. The third kappa shape index (κ3) is 3.96. The first kappa shape index (κ1) is 12.7. The molecule has 2 N–H and O–H groups in total. The van der Waals surface area contributed by atoms with Gasteiger partial charge in [-0.05, 0) is 19.3 Å². The quantitative estimate of drug-likeness (QED) is 0.750. The van der Waals surface area contributed by atoms with Gasteiger partial charge >= 0.3 is 6.18 Å². The fourth-order valence-corrected chi connectivity index (χ4v) is 1.53. The second kappa shape index (κ2) is 5.14. The van der Waals surface area contributed by atoms with Crippen molar-refractivity contribution in [3.63, 3.8) is 0 Å². The number of hydrogen-bond donors (Lipinski definition) is 2. The zero-order valence-electron chi connectivity index (χ0n) is 8.55. The van der Waals surface area contributed by atoms with Crippen LogP contribution in [0.3, 0.4) is 0 Å². The van der Waals surface area contributed by atoms with E-state index in [4.69, 9.17) is 9.84 Å². The average Bonchev–Trinajstić information content (AvgIpc) is 2.64. The molecule has 3 unspecified atom stereocenters. The summed E-state index contributed by atoms with van der Waals surface area (Å²) in [6, 6.07) is -0.0653. The first-order valence-corrected chi connectivity index (χ1v) is 4.97. The highest BCUT2D eigenvalue weighted by atomic mass is 19.4. The fourth-order valence-electron chi connectivity index (χ4n) is 1.53. The van der Waals surface area contributed by atoms with E-state index in [-0.39, 0.29) is 12.0 Å². The summed E-state index contributed by atoms with van der Waals surface area (Å²) >= 11 is 0. The van der Waals surface area contributed by atoms with E-state index in [2.05, 4.69) is 5.32 Å². The van der Waals surface area contributed by atoms with Gasteiger partial charge < -0.3 is 15.2 Å². The lowest BCUT2D eigenvalue weighted by Gasteiger charge is -2.22. The summed E-state index contributed by atoms with van der Waals surface area (Å²) in [5.41, 5.74) is 0. The highest BCUT2D eigenvalue weighted by molar-refractivity contribution is 4.78. The third-order valence-electron chi connectivity index (χ3n) is 2.68. The second-order valence-corrected chi connectivity index (χ2v) is 3.88. The van der Waals surface area contributed by atoms with Crippen molar-refractivity contribution in [2.45, 2.75) is 31.7 Å². The Bertz CT molecular complexity index is 192. The first-order chi connectivity index (χ1) is 6.91. The maximum atomic E-state index is 12.0. The van der Waals surface area contributed by atoms with Crippen molar-refractivity contribution in [2.75, 3.05) is 19.8 Å². The van der Waals surface area contributed by atoms with Crippen LogP contribution in [-0.2, 0) is 4.74 Å². The minimum absolute atomic E-state index is 0.0653. The van der Waals surface area contributed by atoms with E-state index in [9.17, 15) is 13.2 Å². The molecule has 0 amide bonds. The van der Waals surface area contributed by atoms with E-state index < -0.39 is 18.8 Å². The molecule has 0 aromatic rings. The molecule has 1 aliphatic heterocycles. The predicted molar refractivity (Wildman–Crippen MR) is 48.5 cm³/mol. The van der Waals surface area contributed by atoms with E-state index in [1.165, 1.54) is 0 Å². The predicted octanol–water partition coefficient (Wildman–Crippen LogP) is 0.924. The molecule has 90 valence electrons. The minimum Gasteiger partial charge on any atom is -0.382 e. The molecule has 1 saturated heterocycles. The lowest BCUT2D eigenvalue weighted by Crippen LogP contribution is -2.44. The summed E-state index contributed by atoms with van der Waals surface area (Å²) in [4.78, 5) is 0. The van der Waals surface area contributed by atoms with Gasteiger partial charge in [0.25, 0.3) is 0 Å². The van der Waals surface area contributed by atoms with Crippen LogP contribution in [0.25, 0.3) is 0 Å². The number of ether oxygens (including phenoxy) is 1. The Morgan fingerprint density at radius 1 is 1.53 bits per heavy atom. The topological polar surface area (TPSA) is 41.5 Å². The molecule has 0 saturated carbocycles. The molecule has 0 spiro atoms. The third-order valence-corrected chi connectivity index (χ3v) is 2.68. The van der Waals surface area contributed by atoms with Gasteiger partial charge in [0.1, 0.15) is 0 Å². The maximum absolute atomic E-state index is 12.0. The van der Waals surface area contributed by atoms with Crippen LogP contribution in [0, 0.1) is 5.92 Å². The van der Waals surface area contributed by atoms with Crippen molar-refractivity contribution in [1.29, 1.82) is 0 Å². The summed E-state index contributed by atoms with van der Waals surface area (Å²) in [5, 5.41) is 11.4. The van der Waals surface area contributed by atoms with Gasteiger partial charge in [0.15, 0.2) is 6.10 Å². The number of alkyl halides is 3. The number of aliphatic hydroxyl groups is 1. The van der Waals surface area contributed by atoms with Crippen LogP contribution in [0.2, 0.25) is 0 Å². The molecule has 3 nitrogen and oxygen atoms in total. The summed E-state index contributed by atoms with van der Waals surface area (Å²) < 4.78 is 41.0. The average molecular weight is 227 g/mol. The van der Waals surface area contributed by atoms with Crippen molar-refractivity contribution in [3.05, 3.63) is 0 Å². The molecule has 0 aromatic carbocycles. The molecule has 6 heteroatoms. The van der Waals surface area contributed by atoms with Gasteiger partial charge in [-0.25, -0.2) is 0 Å². The lowest BCUT2D eigenvalue weighted by molar-refractivity contribution is -0.202. The van der Waals surface area contributed by atoms with Crippen LogP contribution >= 0.6 is 0 Å². The van der Waals surface area contributed by atoms with Gasteiger partial charge in [-0.1, -0.05) is 0 Å². The van der Waals surface area contributed by atoms with Crippen molar-refractivity contribution in [1.82, 2.24) is 5.32 Å². The van der Waals surface area contributed by atoms with Crippen LogP contribution < -0.4 is 5.32 Å². The zero-order valence-corrected chi connectivity index (χ0v) is 8.55. The second-order valence-electron chi connectivity index (χ2n) is 3.88. The Morgan fingerprint density at radius 2 is 2.20 bits per heavy atom. The van der Waals surface area contributed by atoms with Crippen LogP contribution in [0.1, 0.15) is 13.3 Å². The minimum atomic E-state index is -4.54. The van der Waals surface area contributed by atoms with Gasteiger partial charge in [-0.2, -0.15) is 13.2 Å². The molecular formula is C9H16F3NO2. The molecule has 15 heavy (non-hydrogen) atoms. The lowest BCUT2D eigenvalue weighted by atomic mass is 10.0. The largest absolute Gasteiger partial charge is 0.415 e. The Balaban J connectivity index is 2.24. The van der Waals surface area contributed by atoms with Gasteiger partial charge in [-0.15, -0.1) is 0 Å². The molecule has 0 aromatic heterocycles. The smallest absolute Gasteiger partial charge is 0.382 e. The SMILES string of the molecule is CC(NCC(O)C(F)(F)F)C1CCOC1. The van der Waals surface area contributed by atoms with Crippen molar-refractivity contribution < 1.29 is 23.0 Å². The molecule has 1 aliphatic rings. The van der Waals surface area contributed by atoms with E-state index in [1.807, 2.05) is 6.92 Å². The number of hydrogen-bond acceptors (Lipinski definition) is 3. The summed E-state index contributed by atoms with van der Waals surface area (Å²) in [6.07, 6.45) is -5.97. The molecule has 0 radical (unpaired) electrons. The van der Waals surface area contributed by atoms with E-state index in [0.717, 1.165) is 6.42 Å². The highest BCUT2D eigenvalue weighted by Crippen LogP contribution is 2.20. The number of aliphatic hydroxyl groups excluding tert-OH is 1. The molecular weight excluding hydrogens is 211 g/mol. The van der Waals surface area contributed by atoms with Crippen molar-refractivity contribution in [3.8, 4) is 0 Å². The first-order valence-electron chi connectivity index (χ1n) is 4.97. The van der Waals surface area contributed by atoms with Crippen LogP contribution in [-0.4, -0.2) is 43.2 Å². The number of nitrogens with one attached hydrogen (secondary N) is 1. The van der Waals surface area contributed by atoms with Crippen LogP contribution in [0.5, 0.6) is 0 Å². The van der Waals surface area contributed by atoms with Crippen molar-refractivity contribution >= 4 is 0 Å². The van der Waals surface area contributed by atoms with E-state index >= 15 is 0 Å². The molecule has 0 aliphatic carbocycles. The molecule has 1 fully saturated rings. The Labute approximate surface area is 86.6 Å². The summed E-state index contributed by atoms with van der Waals surface area (Å²) in [6.45, 7) is 2.60. The highest BCUT2D eigenvalue weighted by Gasteiger charge is 2.38. The van der Waals surface area contributed by atoms with E-state index in [0.29, 0.717) is 13.2 Å². The Kier molecular flexibility index (Phi) is 4.36. The zero-order chi connectivity index (χ0) is 11.5. The van der Waals surface area contributed by atoms with Gasteiger partial charge in [0, 0.05) is 19.2 Å². The summed E-state index contributed by atoms with van der Waals surface area (Å²) in [5.74, 6) is 0.241. The van der Waals surface area contributed by atoms with Gasteiger partial charge in [0.2, 0.25) is 0 Å². The van der Waals surface area contributed by atoms with Crippen molar-refractivity contribution in [2.24, 2.45) is 5.92 Å².